The maximum Gasteiger partial charge on any atom is 0.134 e. The molecule has 6 heteroatoms. The number of aryl methyl sites for hydroxylation is 1. The summed E-state index contributed by atoms with van der Waals surface area (Å²) in [5.74, 6) is 2.57. The van der Waals surface area contributed by atoms with Crippen LogP contribution in [-0.4, -0.2) is 47.7 Å². The Bertz CT molecular complexity index is 649. The summed E-state index contributed by atoms with van der Waals surface area (Å²) in [6.45, 7) is 9.45. The van der Waals surface area contributed by atoms with E-state index in [4.69, 9.17) is 16.3 Å². The van der Waals surface area contributed by atoms with E-state index in [-0.39, 0.29) is 0 Å². The minimum Gasteiger partial charge on any atom is -0.494 e. The fraction of sp³-hybridized carbons (Fsp3) is 0.444. The average Bonchev–Trinajstić information content (AvgIpc) is 2.57. The molecule has 0 unspecified atom stereocenters. The van der Waals surface area contributed by atoms with E-state index in [1.807, 2.05) is 32.0 Å². The van der Waals surface area contributed by atoms with E-state index in [0.717, 1.165) is 44.3 Å². The van der Waals surface area contributed by atoms with Gasteiger partial charge in [-0.1, -0.05) is 23.7 Å². The Morgan fingerprint density at radius 3 is 2.42 bits per heavy atom. The first kappa shape index (κ1) is 17.0. The Labute approximate surface area is 148 Å². The third-order valence-corrected chi connectivity index (χ3v) is 4.32. The van der Waals surface area contributed by atoms with Crippen molar-refractivity contribution in [1.82, 2.24) is 14.9 Å². The topological polar surface area (TPSA) is 41.5 Å². The molecule has 128 valence electrons. The summed E-state index contributed by atoms with van der Waals surface area (Å²) < 4.78 is 5.49. The molecular weight excluding hydrogens is 324 g/mol. The van der Waals surface area contributed by atoms with Gasteiger partial charge in [0.25, 0.3) is 0 Å². The molecule has 0 radical (unpaired) electrons. The minimum absolute atomic E-state index is 0.509. The lowest BCUT2D eigenvalue weighted by molar-refractivity contribution is 0.249. The molecule has 24 heavy (non-hydrogen) atoms. The number of hydrogen-bond donors (Lipinski definition) is 0. The first-order valence-corrected chi connectivity index (χ1v) is 8.72. The summed E-state index contributed by atoms with van der Waals surface area (Å²) in [6, 6.07) is 10.2. The maximum atomic E-state index is 6.04. The molecule has 1 aromatic carbocycles. The summed E-state index contributed by atoms with van der Waals surface area (Å²) in [6.07, 6.45) is 0. The number of aromatic nitrogens is 2. The van der Waals surface area contributed by atoms with Crippen molar-refractivity contribution in [3.63, 3.8) is 0 Å². The lowest BCUT2D eigenvalue weighted by atomic mass is 10.2. The quantitative estimate of drug-likeness (QED) is 0.778. The Balaban J connectivity index is 1.55. The van der Waals surface area contributed by atoms with Gasteiger partial charge in [0, 0.05) is 38.8 Å². The highest BCUT2D eigenvalue weighted by atomic mass is 35.5. The van der Waals surface area contributed by atoms with E-state index in [9.17, 15) is 0 Å². The summed E-state index contributed by atoms with van der Waals surface area (Å²) in [4.78, 5) is 13.4. The maximum absolute atomic E-state index is 6.04. The molecule has 1 aliphatic heterocycles. The van der Waals surface area contributed by atoms with Crippen molar-refractivity contribution in [2.75, 3.05) is 37.7 Å². The molecule has 0 bridgehead atoms. The van der Waals surface area contributed by atoms with Gasteiger partial charge in [-0.3, -0.25) is 4.90 Å². The zero-order valence-corrected chi connectivity index (χ0v) is 15.0. The second-order valence-electron chi connectivity index (χ2n) is 5.94. The molecule has 1 aliphatic rings. The largest absolute Gasteiger partial charge is 0.494 e. The van der Waals surface area contributed by atoms with E-state index in [1.165, 1.54) is 5.56 Å². The van der Waals surface area contributed by atoms with Gasteiger partial charge < -0.3 is 9.64 Å². The first-order chi connectivity index (χ1) is 11.6. The van der Waals surface area contributed by atoms with Gasteiger partial charge in [-0.25, -0.2) is 9.97 Å². The van der Waals surface area contributed by atoms with Crippen LogP contribution in [0.1, 0.15) is 18.3 Å². The molecule has 1 aromatic heterocycles. The normalized spacial score (nSPS) is 15.5. The van der Waals surface area contributed by atoms with Gasteiger partial charge in [0.05, 0.1) is 6.61 Å². The van der Waals surface area contributed by atoms with Crippen LogP contribution in [0.4, 0.5) is 5.82 Å². The van der Waals surface area contributed by atoms with E-state index < -0.39 is 0 Å². The molecule has 2 aromatic rings. The van der Waals surface area contributed by atoms with Crippen LogP contribution in [0.3, 0.4) is 0 Å². The second-order valence-corrected chi connectivity index (χ2v) is 6.32. The zero-order chi connectivity index (χ0) is 16.9. The van der Waals surface area contributed by atoms with Gasteiger partial charge in [0.15, 0.2) is 0 Å². The number of halogens is 1. The Hall–Kier alpha value is -1.85. The molecule has 1 fully saturated rings. The standard InChI is InChI=1S/C18H23ClN4O/c1-3-24-16-6-4-15(5-7-16)13-22-8-10-23(11-9-22)18-12-17(19)20-14(2)21-18/h4-7,12H,3,8-11,13H2,1-2H3. The molecule has 2 heterocycles. The van der Waals surface area contributed by atoms with Crippen molar-refractivity contribution < 1.29 is 4.74 Å². The van der Waals surface area contributed by atoms with Crippen LogP contribution >= 0.6 is 11.6 Å². The van der Waals surface area contributed by atoms with Crippen LogP contribution in [0.25, 0.3) is 0 Å². The molecule has 1 saturated heterocycles. The van der Waals surface area contributed by atoms with Gasteiger partial charge in [-0.05, 0) is 31.5 Å². The summed E-state index contributed by atoms with van der Waals surface area (Å²) in [5, 5.41) is 0.509. The average molecular weight is 347 g/mol. The number of ether oxygens (including phenoxy) is 1. The minimum atomic E-state index is 0.509. The van der Waals surface area contributed by atoms with Crippen LogP contribution < -0.4 is 9.64 Å². The predicted molar refractivity (Wildman–Crippen MR) is 96.9 cm³/mol. The molecule has 5 nitrogen and oxygen atoms in total. The van der Waals surface area contributed by atoms with Crippen LogP contribution in [0.5, 0.6) is 5.75 Å². The van der Waals surface area contributed by atoms with Crippen LogP contribution in [0.2, 0.25) is 5.15 Å². The summed E-state index contributed by atoms with van der Waals surface area (Å²) >= 11 is 6.04. The fourth-order valence-corrected chi connectivity index (χ4v) is 3.15. The fourth-order valence-electron chi connectivity index (χ4n) is 2.93. The molecule has 0 spiro atoms. The predicted octanol–water partition coefficient (Wildman–Crippen LogP) is 3.16. The molecule has 0 saturated carbocycles. The van der Waals surface area contributed by atoms with Crippen LogP contribution in [-0.2, 0) is 6.54 Å². The van der Waals surface area contributed by atoms with E-state index in [2.05, 4.69) is 31.9 Å². The lowest BCUT2D eigenvalue weighted by Gasteiger charge is -2.35. The molecule has 0 amide bonds. The van der Waals surface area contributed by atoms with Crippen molar-refractivity contribution in [3.8, 4) is 5.75 Å². The summed E-state index contributed by atoms with van der Waals surface area (Å²) in [7, 11) is 0. The molecule has 0 aliphatic carbocycles. The van der Waals surface area contributed by atoms with Crippen molar-refractivity contribution in [3.05, 3.63) is 46.9 Å². The third kappa shape index (κ3) is 4.36. The van der Waals surface area contributed by atoms with Crippen molar-refractivity contribution in [2.45, 2.75) is 20.4 Å². The van der Waals surface area contributed by atoms with E-state index in [0.29, 0.717) is 17.6 Å². The van der Waals surface area contributed by atoms with Gasteiger partial charge in [0.1, 0.15) is 22.5 Å². The number of piperazine rings is 1. The number of benzene rings is 1. The Morgan fingerprint density at radius 2 is 1.79 bits per heavy atom. The van der Waals surface area contributed by atoms with Gasteiger partial charge >= 0.3 is 0 Å². The summed E-state index contributed by atoms with van der Waals surface area (Å²) in [5.41, 5.74) is 1.31. The van der Waals surface area contributed by atoms with Crippen molar-refractivity contribution in [2.24, 2.45) is 0 Å². The SMILES string of the molecule is CCOc1ccc(CN2CCN(c3cc(Cl)nc(C)n3)CC2)cc1. The highest BCUT2D eigenvalue weighted by Gasteiger charge is 2.19. The third-order valence-electron chi connectivity index (χ3n) is 4.13. The number of hydrogen-bond acceptors (Lipinski definition) is 5. The Kier molecular flexibility index (Phi) is 5.53. The van der Waals surface area contributed by atoms with Crippen molar-refractivity contribution in [1.29, 1.82) is 0 Å². The Morgan fingerprint density at radius 1 is 1.08 bits per heavy atom. The number of anilines is 1. The highest BCUT2D eigenvalue weighted by Crippen LogP contribution is 2.19. The molecule has 3 rings (SSSR count). The zero-order valence-electron chi connectivity index (χ0n) is 14.2. The van der Waals surface area contributed by atoms with E-state index >= 15 is 0 Å². The van der Waals surface area contributed by atoms with Crippen LogP contribution in [0, 0.1) is 6.92 Å². The number of rotatable bonds is 5. The van der Waals surface area contributed by atoms with Gasteiger partial charge in [0.2, 0.25) is 0 Å². The van der Waals surface area contributed by atoms with Gasteiger partial charge in [-0.2, -0.15) is 0 Å². The first-order valence-electron chi connectivity index (χ1n) is 8.34. The smallest absolute Gasteiger partial charge is 0.134 e. The molecular formula is C18H23ClN4O. The molecule has 0 N–H and O–H groups in total. The molecule has 0 atom stereocenters. The van der Waals surface area contributed by atoms with E-state index in [1.54, 1.807) is 0 Å². The van der Waals surface area contributed by atoms with Crippen molar-refractivity contribution >= 4 is 17.4 Å². The number of nitrogens with zero attached hydrogens (tertiary/aromatic N) is 4. The highest BCUT2D eigenvalue weighted by molar-refractivity contribution is 6.29. The monoisotopic (exact) mass is 346 g/mol. The van der Waals surface area contributed by atoms with Gasteiger partial charge in [-0.15, -0.1) is 0 Å². The van der Waals surface area contributed by atoms with Crippen LogP contribution in [0.15, 0.2) is 30.3 Å². The second kappa shape index (κ2) is 7.81. The lowest BCUT2D eigenvalue weighted by Crippen LogP contribution is -2.46.